The van der Waals surface area contributed by atoms with Crippen LogP contribution in [-0.4, -0.2) is 7.62 Å². The molecule has 2 heterocycles. The van der Waals surface area contributed by atoms with Gasteiger partial charge in [0, 0.05) is 26.6 Å². The minimum Gasteiger partial charge on any atom is -0.250 e. The molecule has 2 aliphatic rings. The molecule has 0 saturated carbocycles. The van der Waals surface area contributed by atoms with E-state index in [-0.39, 0.29) is 8.83 Å². The van der Waals surface area contributed by atoms with Crippen molar-refractivity contribution in [3.05, 3.63) is 0 Å². The smallest absolute Gasteiger partial charge is 0.170 e. The van der Waals surface area contributed by atoms with Crippen molar-refractivity contribution in [2.24, 2.45) is 5.41 Å². The molecule has 0 aromatic carbocycles. The van der Waals surface area contributed by atoms with Crippen molar-refractivity contribution >= 4 is 47.1 Å². The molecule has 0 aliphatic carbocycles. The van der Waals surface area contributed by atoms with Gasteiger partial charge in [-0.1, -0.05) is 20.8 Å². The van der Waals surface area contributed by atoms with E-state index >= 15 is 0 Å². The molecule has 0 spiro atoms. The summed E-state index contributed by atoms with van der Waals surface area (Å²) in [5.41, 5.74) is 0.202. The maximum Gasteiger partial charge on any atom is 0.170 e. The third kappa shape index (κ3) is 0.664. The maximum absolute atomic E-state index is 11.9. The minimum atomic E-state index is -2.15. The quantitative estimate of drug-likeness (QED) is 0.296. The van der Waals surface area contributed by atoms with Crippen LogP contribution in [0.4, 0.5) is 0 Å². The number of hydrogen-bond donors (Lipinski definition) is 0. The minimum absolute atomic E-state index is 0.102. The average molecular weight is 308 g/mol. The van der Waals surface area contributed by atoms with Crippen molar-refractivity contribution < 1.29 is 4.21 Å². The molecule has 0 amide bonds. The van der Waals surface area contributed by atoms with Crippen LogP contribution >= 0.6 is 42.8 Å². The van der Waals surface area contributed by atoms with Crippen LogP contribution in [0, 0.1) is 5.41 Å². The zero-order valence-corrected chi connectivity index (χ0v) is 10.6. The van der Waals surface area contributed by atoms with Gasteiger partial charge in [0.15, 0.2) is 3.41 Å². The van der Waals surface area contributed by atoms with E-state index in [9.17, 15) is 4.21 Å². The standard InChI is InChI=1S/C5H9IOS3/c1-4(2,3)5-8-10(5,6,7)9-5/h1-3H3. The molecule has 1 nitrogen and oxygen atoms in total. The van der Waals surface area contributed by atoms with Gasteiger partial charge in [0.05, 0.1) is 4.30 Å². The predicted molar refractivity (Wildman–Crippen MR) is 59.5 cm³/mol. The monoisotopic (exact) mass is 308 g/mol. The summed E-state index contributed by atoms with van der Waals surface area (Å²) in [6.07, 6.45) is 0. The Morgan fingerprint density at radius 2 is 1.70 bits per heavy atom. The van der Waals surface area contributed by atoms with E-state index in [4.69, 9.17) is 0 Å². The lowest BCUT2D eigenvalue weighted by Gasteiger charge is -2.15. The van der Waals surface area contributed by atoms with E-state index in [1.165, 1.54) is 0 Å². The topological polar surface area (TPSA) is 17.1 Å². The maximum atomic E-state index is 11.9. The van der Waals surface area contributed by atoms with Crippen molar-refractivity contribution in [1.29, 1.82) is 0 Å². The van der Waals surface area contributed by atoms with Gasteiger partial charge in [-0.05, 0) is 21.6 Å². The van der Waals surface area contributed by atoms with Gasteiger partial charge in [-0.2, -0.15) is 0 Å². The first kappa shape index (κ1) is 8.19. The largest absolute Gasteiger partial charge is 0.250 e. The van der Waals surface area contributed by atoms with Crippen LogP contribution in [0.25, 0.3) is 0 Å². The zero-order valence-electron chi connectivity index (χ0n) is 6.01. The van der Waals surface area contributed by atoms with E-state index in [0.29, 0.717) is 0 Å². The van der Waals surface area contributed by atoms with E-state index in [2.05, 4.69) is 42.0 Å². The van der Waals surface area contributed by atoms with Crippen LogP contribution < -0.4 is 0 Å². The van der Waals surface area contributed by atoms with E-state index < -0.39 is 4.30 Å². The Balaban J connectivity index is 2.38. The van der Waals surface area contributed by atoms with E-state index in [1.54, 1.807) is 21.6 Å². The molecule has 0 atom stereocenters. The molecule has 10 heavy (non-hydrogen) atoms. The SMILES string of the molecule is CC(C)(C)C12SS1(=O)(I)S2. The lowest BCUT2D eigenvalue weighted by molar-refractivity contribution is 0.449. The number of fused-ring (bicyclic) bond motifs is 1. The van der Waals surface area contributed by atoms with Crippen LogP contribution in [-0.2, 0) is 4.30 Å². The molecule has 60 valence electrons. The van der Waals surface area contributed by atoms with Crippen LogP contribution in [0.2, 0.25) is 0 Å². The van der Waals surface area contributed by atoms with Crippen molar-refractivity contribution in [1.82, 2.24) is 0 Å². The van der Waals surface area contributed by atoms with Crippen LogP contribution in [0.15, 0.2) is 0 Å². The summed E-state index contributed by atoms with van der Waals surface area (Å²) >= 11 is 2.15. The lowest BCUT2D eigenvalue weighted by Crippen LogP contribution is -2.16. The van der Waals surface area contributed by atoms with Crippen LogP contribution in [0.3, 0.4) is 0 Å². The molecule has 0 aromatic heterocycles. The molecule has 0 unspecified atom stereocenters. The van der Waals surface area contributed by atoms with Crippen LogP contribution in [0.1, 0.15) is 20.8 Å². The van der Waals surface area contributed by atoms with Gasteiger partial charge in [0.25, 0.3) is 0 Å². The van der Waals surface area contributed by atoms with Gasteiger partial charge in [-0.25, -0.2) is 0 Å². The molecule has 2 rings (SSSR count). The summed E-state index contributed by atoms with van der Waals surface area (Å²) in [6, 6.07) is 0. The van der Waals surface area contributed by atoms with Crippen LogP contribution in [0.5, 0.6) is 0 Å². The normalized spacial score (nSPS) is 50.2. The molecule has 2 fully saturated rings. The average Bonchev–Trinajstić information content (AvgIpc) is 2.15. The highest BCUT2D eigenvalue weighted by atomic mass is 127. The molecule has 2 aliphatic heterocycles. The van der Waals surface area contributed by atoms with Crippen molar-refractivity contribution in [2.75, 3.05) is 0 Å². The summed E-state index contributed by atoms with van der Waals surface area (Å²) < 4.78 is 9.80. The Hall–Kier alpha value is 1.58. The second-order valence-corrected chi connectivity index (χ2v) is 22.2. The Kier molecular flexibility index (Phi) is 1.22. The van der Waals surface area contributed by atoms with Crippen molar-refractivity contribution in [3.63, 3.8) is 0 Å². The van der Waals surface area contributed by atoms with E-state index in [1.807, 2.05) is 0 Å². The Labute approximate surface area is 80.3 Å². The van der Waals surface area contributed by atoms with Crippen molar-refractivity contribution in [2.45, 2.75) is 24.2 Å². The fourth-order valence-electron chi connectivity index (χ4n) is 1.08. The second-order valence-electron chi connectivity index (χ2n) is 3.69. The van der Waals surface area contributed by atoms with Gasteiger partial charge in [-0.3, -0.25) is 4.21 Å². The molecule has 0 aromatic rings. The second kappa shape index (κ2) is 1.48. The first-order valence-corrected chi connectivity index (χ1v) is 10.2. The fraction of sp³-hybridized carbons (Fsp3) is 1.00. The molecule has 2 saturated heterocycles. The molecule has 5 heteroatoms. The van der Waals surface area contributed by atoms with Crippen molar-refractivity contribution in [3.8, 4) is 0 Å². The highest BCUT2D eigenvalue weighted by Gasteiger charge is 2.96. The summed E-state index contributed by atoms with van der Waals surface area (Å²) in [5.74, 6) is 0. The zero-order chi connectivity index (χ0) is 7.86. The Morgan fingerprint density at radius 1 is 1.40 bits per heavy atom. The van der Waals surface area contributed by atoms with Gasteiger partial charge in [-0.15, -0.1) is 0 Å². The molecule has 0 radical (unpaired) electrons. The summed E-state index contributed by atoms with van der Waals surface area (Å²) in [4.78, 5) is 0. The molecular weight excluding hydrogens is 299 g/mol. The summed E-state index contributed by atoms with van der Waals surface area (Å²) in [7, 11) is 3.36. The third-order valence-corrected chi connectivity index (χ3v) is 21.0. The number of halogens is 1. The van der Waals surface area contributed by atoms with Gasteiger partial charge in [0.2, 0.25) is 0 Å². The first-order valence-electron chi connectivity index (χ1n) is 3.02. The molecule has 0 bridgehead atoms. The number of hydrogen-bond acceptors (Lipinski definition) is 3. The lowest BCUT2D eigenvalue weighted by atomic mass is 10.00. The fourth-order valence-corrected chi connectivity index (χ4v) is 25.6. The molecular formula is C5H9IOS3. The highest BCUT2D eigenvalue weighted by Crippen LogP contribution is 3.09. The predicted octanol–water partition coefficient (Wildman–Crippen LogP) is 3.18. The summed E-state index contributed by atoms with van der Waals surface area (Å²) in [5, 5.41) is 0. The van der Waals surface area contributed by atoms with Gasteiger partial charge >= 0.3 is 0 Å². The Morgan fingerprint density at radius 3 is 1.70 bits per heavy atom. The van der Waals surface area contributed by atoms with E-state index in [0.717, 1.165) is 0 Å². The Bertz CT molecular complexity index is 267. The number of rotatable bonds is 0. The van der Waals surface area contributed by atoms with Gasteiger partial charge < -0.3 is 0 Å². The summed E-state index contributed by atoms with van der Waals surface area (Å²) in [6.45, 7) is 6.50. The highest BCUT2D eigenvalue weighted by molar-refractivity contribution is 14.2. The van der Waals surface area contributed by atoms with Gasteiger partial charge in [0.1, 0.15) is 0 Å². The first-order chi connectivity index (χ1) is 4.21. The molecule has 0 N–H and O–H groups in total. The third-order valence-electron chi connectivity index (χ3n) is 1.80.